The predicted molar refractivity (Wildman–Crippen MR) is 219 cm³/mol. The predicted octanol–water partition coefficient (Wildman–Crippen LogP) is 12.6. The molecular weight excluding hydrogens is 657 g/mol. The van der Waals surface area contributed by atoms with Crippen molar-refractivity contribution in [2.45, 2.75) is 0 Å². The van der Waals surface area contributed by atoms with Gasteiger partial charge in [-0.15, -0.1) is 0 Å². The number of aromatic nitrogens is 2. The van der Waals surface area contributed by atoms with Crippen molar-refractivity contribution in [2.24, 2.45) is 0 Å². The van der Waals surface area contributed by atoms with Crippen molar-refractivity contribution in [1.29, 1.82) is 10.5 Å². The molecule has 0 spiro atoms. The largest absolute Gasteiger partial charge is 0.263 e. The summed E-state index contributed by atoms with van der Waals surface area (Å²) in [6, 6.07) is 48.8. The molecule has 244 valence electrons. The van der Waals surface area contributed by atoms with Gasteiger partial charge in [0.25, 0.3) is 0 Å². The average Bonchev–Trinajstić information content (AvgIpc) is 3.72. The fraction of sp³-hybridized carbons (Fsp3) is 0. The van der Waals surface area contributed by atoms with Crippen LogP contribution in [0.4, 0.5) is 0 Å². The Bertz CT molecular complexity index is 3460. The van der Waals surface area contributed by atoms with Crippen molar-refractivity contribution in [3.05, 3.63) is 157 Å². The smallest absolute Gasteiger partial charge is 0.101 e. The third-order valence-electron chi connectivity index (χ3n) is 11.8. The minimum absolute atomic E-state index is 0.531. The van der Waals surface area contributed by atoms with E-state index < -0.39 is 0 Å². The SMILES string of the molecule is N#Cc1cnccc1-c1cc2c3cc4c(c(-c5ccncc5C#N)c3ccc2c2cc3c(cc12)-c1cccc2cccc-3c12)-c1cccc2cccc-4c12. The van der Waals surface area contributed by atoms with Crippen LogP contribution in [0.25, 0.3) is 121 Å². The van der Waals surface area contributed by atoms with E-state index in [1.54, 1.807) is 24.8 Å². The summed E-state index contributed by atoms with van der Waals surface area (Å²) in [7, 11) is 0. The van der Waals surface area contributed by atoms with Gasteiger partial charge in [-0.2, -0.15) is 10.5 Å². The Kier molecular flexibility index (Phi) is 5.61. The molecule has 0 saturated carbocycles. The van der Waals surface area contributed by atoms with E-state index in [0.717, 1.165) is 65.7 Å². The van der Waals surface area contributed by atoms with E-state index in [1.807, 2.05) is 12.1 Å². The van der Waals surface area contributed by atoms with E-state index in [4.69, 9.17) is 0 Å². The normalized spacial score (nSPS) is 12.0. The molecule has 10 aromatic rings. The summed E-state index contributed by atoms with van der Waals surface area (Å²) in [6.07, 6.45) is 6.88. The van der Waals surface area contributed by atoms with E-state index in [0.29, 0.717) is 11.1 Å². The van der Waals surface area contributed by atoms with Crippen LogP contribution in [0, 0.1) is 22.7 Å². The molecule has 0 fully saturated rings. The van der Waals surface area contributed by atoms with Crippen LogP contribution >= 0.6 is 0 Å². The zero-order chi connectivity index (χ0) is 35.7. The summed E-state index contributed by atoms with van der Waals surface area (Å²) >= 11 is 0. The standard InChI is InChI=1S/C50H24N4/c51-23-29-25-53-17-15-31(29)39-19-40-33(41-20-42-34-9-1-5-27-6-2-10-35(47(27)34)43(42)21-45(39)41)13-14-37-44(40)22-46-36-11-3-7-28-8-4-12-38(48(28)36)50(46)49(37)32-16-18-54-26-30(32)24-52/h1-22,25-26H. The first kappa shape index (κ1) is 29.0. The van der Waals surface area contributed by atoms with Crippen molar-refractivity contribution in [3.8, 4) is 78.9 Å². The Morgan fingerprint density at radius 2 is 0.833 bits per heavy atom. The van der Waals surface area contributed by atoms with Crippen LogP contribution in [-0.4, -0.2) is 9.97 Å². The number of rotatable bonds is 2. The maximum atomic E-state index is 10.4. The fourth-order valence-corrected chi connectivity index (χ4v) is 9.58. The molecule has 2 aromatic heterocycles. The van der Waals surface area contributed by atoms with Gasteiger partial charge < -0.3 is 0 Å². The molecule has 0 radical (unpaired) electrons. The van der Waals surface area contributed by atoms with Gasteiger partial charge in [0.2, 0.25) is 0 Å². The monoisotopic (exact) mass is 680 g/mol. The van der Waals surface area contributed by atoms with Crippen LogP contribution in [-0.2, 0) is 0 Å². The summed E-state index contributed by atoms with van der Waals surface area (Å²) in [5.41, 5.74) is 14.4. The van der Waals surface area contributed by atoms with Crippen molar-refractivity contribution in [1.82, 2.24) is 9.97 Å². The summed E-state index contributed by atoms with van der Waals surface area (Å²) in [5.74, 6) is 0. The molecule has 0 unspecified atom stereocenters. The first-order chi connectivity index (χ1) is 26.7. The van der Waals surface area contributed by atoms with Gasteiger partial charge in [0, 0.05) is 35.9 Å². The molecule has 0 atom stereocenters. The van der Waals surface area contributed by atoms with Gasteiger partial charge in [-0.1, -0.05) is 84.9 Å². The Hall–Kier alpha value is -7.66. The maximum Gasteiger partial charge on any atom is 0.101 e. The summed E-state index contributed by atoms with van der Waals surface area (Å²) in [6.45, 7) is 0. The minimum atomic E-state index is 0.531. The van der Waals surface area contributed by atoms with Crippen LogP contribution < -0.4 is 0 Å². The van der Waals surface area contributed by atoms with Gasteiger partial charge in [-0.25, -0.2) is 0 Å². The van der Waals surface area contributed by atoms with Gasteiger partial charge in [-0.3, -0.25) is 9.97 Å². The van der Waals surface area contributed by atoms with Crippen molar-refractivity contribution in [3.63, 3.8) is 0 Å². The first-order valence-corrected chi connectivity index (χ1v) is 18.0. The zero-order valence-corrected chi connectivity index (χ0v) is 28.6. The van der Waals surface area contributed by atoms with Gasteiger partial charge in [-0.05, 0) is 146 Å². The molecule has 8 aromatic carbocycles. The maximum absolute atomic E-state index is 10.4. The van der Waals surface area contributed by atoms with E-state index in [1.165, 1.54) is 54.9 Å². The van der Waals surface area contributed by atoms with Gasteiger partial charge in [0.15, 0.2) is 0 Å². The highest BCUT2D eigenvalue weighted by molar-refractivity contribution is 6.30. The molecule has 4 heteroatoms. The van der Waals surface area contributed by atoms with Crippen LogP contribution in [0.1, 0.15) is 11.1 Å². The molecule has 0 saturated heterocycles. The Morgan fingerprint density at radius 3 is 1.50 bits per heavy atom. The quantitative estimate of drug-likeness (QED) is 0.170. The summed E-state index contributed by atoms with van der Waals surface area (Å²) in [5, 5.41) is 32.3. The van der Waals surface area contributed by atoms with E-state index in [2.05, 4.69) is 131 Å². The van der Waals surface area contributed by atoms with Crippen molar-refractivity contribution >= 4 is 53.9 Å². The zero-order valence-electron chi connectivity index (χ0n) is 28.6. The number of hydrogen-bond donors (Lipinski definition) is 0. The number of benzene rings is 8. The highest BCUT2D eigenvalue weighted by Crippen LogP contribution is 2.56. The molecule has 0 amide bonds. The lowest BCUT2D eigenvalue weighted by Gasteiger charge is -2.19. The van der Waals surface area contributed by atoms with E-state index >= 15 is 0 Å². The molecule has 0 aliphatic heterocycles. The topological polar surface area (TPSA) is 73.4 Å². The third kappa shape index (κ3) is 3.64. The van der Waals surface area contributed by atoms with E-state index in [9.17, 15) is 10.5 Å². The number of nitrogens with zero attached hydrogens (tertiary/aromatic N) is 4. The van der Waals surface area contributed by atoms with Crippen LogP contribution in [0.3, 0.4) is 0 Å². The molecular formula is C50H24N4. The molecule has 0 N–H and O–H groups in total. The first-order valence-electron chi connectivity index (χ1n) is 18.0. The molecule has 2 aliphatic carbocycles. The molecule has 2 aliphatic rings. The lowest BCUT2D eigenvalue weighted by molar-refractivity contribution is 1.30. The van der Waals surface area contributed by atoms with Crippen molar-refractivity contribution in [2.75, 3.05) is 0 Å². The van der Waals surface area contributed by atoms with E-state index in [-0.39, 0.29) is 0 Å². The molecule has 2 heterocycles. The number of nitriles is 2. The van der Waals surface area contributed by atoms with Gasteiger partial charge in [0.05, 0.1) is 11.1 Å². The molecule has 54 heavy (non-hydrogen) atoms. The average molecular weight is 681 g/mol. The second-order valence-corrected chi connectivity index (χ2v) is 14.3. The molecule has 12 rings (SSSR count). The second kappa shape index (κ2) is 10.5. The summed E-state index contributed by atoms with van der Waals surface area (Å²) in [4.78, 5) is 8.67. The highest BCUT2D eigenvalue weighted by Gasteiger charge is 2.29. The lowest BCUT2D eigenvalue weighted by atomic mass is 9.83. The second-order valence-electron chi connectivity index (χ2n) is 14.3. The Labute approximate surface area is 309 Å². The van der Waals surface area contributed by atoms with Crippen LogP contribution in [0.2, 0.25) is 0 Å². The third-order valence-corrected chi connectivity index (χ3v) is 11.8. The molecule has 4 nitrogen and oxygen atoms in total. The Morgan fingerprint density at radius 1 is 0.352 bits per heavy atom. The highest BCUT2D eigenvalue weighted by atomic mass is 14.6. The number of pyridine rings is 2. The number of fused-ring (bicyclic) bond motifs is 11. The lowest BCUT2D eigenvalue weighted by Crippen LogP contribution is -1.94. The Balaban J connectivity index is 1.28. The van der Waals surface area contributed by atoms with Gasteiger partial charge in [0.1, 0.15) is 12.1 Å². The van der Waals surface area contributed by atoms with Crippen LogP contribution in [0.15, 0.2) is 146 Å². The summed E-state index contributed by atoms with van der Waals surface area (Å²) < 4.78 is 0. The number of hydrogen-bond acceptors (Lipinski definition) is 4. The van der Waals surface area contributed by atoms with Gasteiger partial charge >= 0.3 is 0 Å². The van der Waals surface area contributed by atoms with Crippen molar-refractivity contribution < 1.29 is 0 Å². The fourth-order valence-electron chi connectivity index (χ4n) is 9.58. The molecule has 0 bridgehead atoms. The van der Waals surface area contributed by atoms with Crippen LogP contribution in [0.5, 0.6) is 0 Å². The minimum Gasteiger partial charge on any atom is -0.263 e.